The molecule has 0 heterocycles. The summed E-state index contributed by atoms with van der Waals surface area (Å²) in [5.41, 5.74) is 4.16. The van der Waals surface area contributed by atoms with Crippen molar-refractivity contribution in [1.29, 1.82) is 0 Å². The third-order valence-corrected chi connectivity index (χ3v) is 6.77. The Hall–Kier alpha value is -3.40. The SMILES string of the molecule is Cc1ccccc1CC(=O)N(Cc1ccccc1)C(Cc1ccccc1)C(=O)NC1CCCC1. The van der Waals surface area contributed by atoms with Crippen molar-refractivity contribution in [1.82, 2.24) is 10.2 Å². The summed E-state index contributed by atoms with van der Waals surface area (Å²) in [5, 5.41) is 3.26. The highest BCUT2D eigenvalue weighted by Crippen LogP contribution is 2.21. The van der Waals surface area contributed by atoms with Gasteiger partial charge in [0.1, 0.15) is 6.04 Å². The van der Waals surface area contributed by atoms with Gasteiger partial charge in [0, 0.05) is 19.0 Å². The lowest BCUT2D eigenvalue weighted by Gasteiger charge is -2.32. The van der Waals surface area contributed by atoms with E-state index in [0.29, 0.717) is 13.0 Å². The van der Waals surface area contributed by atoms with Gasteiger partial charge in [-0.2, -0.15) is 0 Å². The van der Waals surface area contributed by atoms with E-state index < -0.39 is 6.04 Å². The molecular weight excluding hydrogens is 420 g/mol. The van der Waals surface area contributed by atoms with Gasteiger partial charge < -0.3 is 10.2 Å². The highest BCUT2D eigenvalue weighted by Gasteiger charge is 2.32. The van der Waals surface area contributed by atoms with E-state index in [2.05, 4.69) is 5.32 Å². The zero-order valence-electron chi connectivity index (χ0n) is 20.0. The van der Waals surface area contributed by atoms with Crippen LogP contribution in [0.3, 0.4) is 0 Å². The van der Waals surface area contributed by atoms with E-state index in [1.165, 1.54) is 0 Å². The van der Waals surface area contributed by atoms with Gasteiger partial charge in [0.2, 0.25) is 11.8 Å². The topological polar surface area (TPSA) is 49.4 Å². The Balaban J connectivity index is 1.65. The van der Waals surface area contributed by atoms with Crippen molar-refractivity contribution >= 4 is 11.8 Å². The molecule has 3 aromatic carbocycles. The molecule has 1 aliphatic rings. The number of aryl methyl sites for hydroxylation is 1. The maximum Gasteiger partial charge on any atom is 0.243 e. The first kappa shape index (κ1) is 23.7. The Morgan fingerprint density at radius 2 is 1.44 bits per heavy atom. The van der Waals surface area contributed by atoms with Crippen LogP contribution in [-0.4, -0.2) is 28.8 Å². The van der Waals surface area contributed by atoms with Gasteiger partial charge in [-0.15, -0.1) is 0 Å². The molecule has 4 nitrogen and oxygen atoms in total. The van der Waals surface area contributed by atoms with Gasteiger partial charge in [-0.3, -0.25) is 9.59 Å². The zero-order valence-corrected chi connectivity index (χ0v) is 20.0. The predicted octanol–water partition coefficient (Wildman–Crippen LogP) is 5.24. The average Bonchev–Trinajstić information content (AvgIpc) is 3.37. The molecule has 34 heavy (non-hydrogen) atoms. The Morgan fingerprint density at radius 1 is 0.853 bits per heavy atom. The molecule has 1 atom stereocenters. The van der Waals surface area contributed by atoms with Crippen LogP contribution >= 0.6 is 0 Å². The first-order chi connectivity index (χ1) is 16.6. The Kier molecular flexibility index (Phi) is 8.13. The standard InChI is InChI=1S/C30H34N2O2/c1-23-12-8-9-17-26(23)21-29(33)32(22-25-15-6-3-7-16-25)28(20-24-13-4-2-5-14-24)30(34)31-27-18-10-11-19-27/h2-9,12-17,27-28H,10-11,18-22H2,1H3,(H,31,34). The molecule has 1 aliphatic carbocycles. The summed E-state index contributed by atoms with van der Waals surface area (Å²) in [4.78, 5) is 29.2. The van der Waals surface area contributed by atoms with Crippen molar-refractivity contribution in [3.63, 3.8) is 0 Å². The predicted molar refractivity (Wildman–Crippen MR) is 136 cm³/mol. The van der Waals surface area contributed by atoms with Crippen LogP contribution in [0.2, 0.25) is 0 Å². The summed E-state index contributed by atoms with van der Waals surface area (Å²) in [7, 11) is 0. The highest BCUT2D eigenvalue weighted by atomic mass is 16.2. The van der Waals surface area contributed by atoms with Gasteiger partial charge in [-0.05, 0) is 42.0 Å². The fraction of sp³-hybridized carbons (Fsp3) is 0.333. The summed E-state index contributed by atoms with van der Waals surface area (Å²) < 4.78 is 0. The number of amides is 2. The number of hydrogen-bond donors (Lipinski definition) is 1. The third kappa shape index (κ3) is 6.34. The minimum atomic E-state index is -0.570. The fourth-order valence-corrected chi connectivity index (χ4v) is 4.77. The average molecular weight is 455 g/mol. The van der Waals surface area contributed by atoms with Crippen LogP contribution in [-0.2, 0) is 29.0 Å². The number of rotatable bonds is 9. The Morgan fingerprint density at radius 3 is 2.09 bits per heavy atom. The van der Waals surface area contributed by atoms with Crippen molar-refractivity contribution in [3.8, 4) is 0 Å². The molecular formula is C30H34N2O2. The monoisotopic (exact) mass is 454 g/mol. The molecule has 0 aliphatic heterocycles. The first-order valence-corrected chi connectivity index (χ1v) is 12.3. The molecule has 1 unspecified atom stereocenters. The summed E-state index contributed by atoms with van der Waals surface area (Å²) >= 11 is 0. The van der Waals surface area contributed by atoms with Crippen molar-refractivity contribution in [3.05, 3.63) is 107 Å². The van der Waals surface area contributed by atoms with Gasteiger partial charge in [-0.1, -0.05) is 97.8 Å². The van der Waals surface area contributed by atoms with Crippen molar-refractivity contribution < 1.29 is 9.59 Å². The second kappa shape index (κ2) is 11.6. The molecule has 0 saturated heterocycles. The first-order valence-electron chi connectivity index (χ1n) is 12.3. The Labute approximate surface area is 203 Å². The van der Waals surface area contributed by atoms with Gasteiger partial charge in [0.05, 0.1) is 6.42 Å². The molecule has 1 fully saturated rings. The van der Waals surface area contributed by atoms with Crippen molar-refractivity contribution in [2.24, 2.45) is 0 Å². The zero-order chi connectivity index (χ0) is 23.8. The van der Waals surface area contributed by atoms with Crippen LogP contribution in [0.15, 0.2) is 84.9 Å². The summed E-state index contributed by atoms with van der Waals surface area (Å²) in [6.45, 7) is 2.43. The lowest BCUT2D eigenvalue weighted by atomic mass is 10.00. The van der Waals surface area contributed by atoms with Crippen LogP contribution in [0.5, 0.6) is 0 Å². The molecule has 0 radical (unpaired) electrons. The van der Waals surface area contributed by atoms with Crippen LogP contribution in [0.1, 0.15) is 47.9 Å². The van der Waals surface area contributed by atoms with Gasteiger partial charge in [-0.25, -0.2) is 0 Å². The van der Waals surface area contributed by atoms with Crippen LogP contribution in [0.25, 0.3) is 0 Å². The van der Waals surface area contributed by atoms with E-state index in [1.54, 1.807) is 4.90 Å². The number of nitrogens with one attached hydrogen (secondary N) is 1. The highest BCUT2D eigenvalue weighted by molar-refractivity contribution is 5.89. The van der Waals surface area contributed by atoms with E-state index in [1.807, 2.05) is 91.9 Å². The normalized spacial score (nSPS) is 14.5. The lowest BCUT2D eigenvalue weighted by molar-refractivity contribution is -0.141. The Bertz CT molecular complexity index is 1080. The second-order valence-corrected chi connectivity index (χ2v) is 9.31. The lowest BCUT2D eigenvalue weighted by Crippen LogP contribution is -2.52. The van der Waals surface area contributed by atoms with E-state index >= 15 is 0 Å². The molecule has 0 bridgehead atoms. The van der Waals surface area contributed by atoms with Gasteiger partial charge in [0.15, 0.2) is 0 Å². The van der Waals surface area contributed by atoms with Gasteiger partial charge in [0.25, 0.3) is 0 Å². The fourth-order valence-electron chi connectivity index (χ4n) is 4.77. The number of carbonyl (C=O) groups excluding carboxylic acids is 2. The molecule has 2 amide bonds. The van der Waals surface area contributed by atoms with E-state index in [0.717, 1.165) is 47.9 Å². The quantitative estimate of drug-likeness (QED) is 0.481. The van der Waals surface area contributed by atoms with Crippen LogP contribution < -0.4 is 5.32 Å². The molecule has 3 aromatic rings. The molecule has 0 spiro atoms. The smallest absolute Gasteiger partial charge is 0.243 e. The number of nitrogens with zero attached hydrogens (tertiary/aromatic N) is 1. The minimum Gasteiger partial charge on any atom is -0.352 e. The minimum absolute atomic E-state index is 0.0272. The third-order valence-electron chi connectivity index (χ3n) is 6.77. The summed E-state index contributed by atoms with van der Waals surface area (Å²) in [5.74, 6) is -0.0783. The maximum absolute atomic E-state index is 13.8. The molecule has 1 saturated carbocycles. The summed E-state index contributed by atoms with van der Waals surface area (Å²) in [6, 6.07) is 27.6. The van der Waals surface area contributed by atoms with Gasteiger partial charge >= 0.3 is 0 Å². The van der Waals surface area contributed by atoms with Crippen LogP contribution in [0.4, 0.5) is 0 Å². The maximum atomic E-state index is 13.8. The summed E-state index contributed by atoms with van der Waals surface area (Å²) in [6.07, 6.45) is 5.09. The van der Waals surface area contributed by atoms with E-state index in [-0.39, 0.29) is 24.3 Å². The van der Waals surface area contributed by atoms with Crippen molar-refractivity contribution in [2.45, 2.75) is 64.1 Å². The molecule has 4 rings (SSSR count). The largest absolute Gasteiger partial charge is 0.352 e. The molecule has 4 heteroatoms. The number of carbonyl (C=O) groups is 2. The molecule has 0 aromatic heterocycles. The molecule has 1 N–H and O–H groups in total. The van der Waals surface area contributed by atoms with E-state index in [9.17, 15) is 9.59 Å². The van der Waals surface area contributed by atoms with Crippen LogP contribution in [0, 0.1) is 6.92 Å². The second-order valence-electron chi connectivity index (χ2n) is 9.31. The number of benzene rings is 3. The van der Waals surface area contributed by atoms with E-state index in [4.69, 9.17) is 0 Å². The number of hydrogen-bond acceptors (Lipinski definition) is 2. The van der Waals surface area contributed by atoms with Crippen molar-refractivity contribution in [2.75, 3.05) is 0 Å². The molecule has 176 valence electrons.